The molecule has 2 aliphatic heterocycles. The molecule has 0 bridgehead atoms. The zero-order valence-corrected chi connectivity index (χ0v) is 11.4. The third kappa shape index (κ3) is 2.80. The third-order valence-corrected chi connectivity index (χ3v) is 5.28. The summed E-state index contributed by atoms with van der Waals surface area (Å²) < 4.78 is 37.6. The smallest absolute Gasteiger partial charge is 0.316 e. The minimum atomic E-state index is -4.20. The Morgan fingerprint density at radius 1 is 1.32 bits per heavy atom. The fourth-order valence-corrected chi connectivity index (χ4v) is 4.06. The summed E-state index contributed by atoms with van der Waals surface area (Å²) in [6.45, 7) is 4.80. The lowest BCUT2D eigenvalue weighted by atomic mass is 9.87. The Morgan fingerprint density at radius 2 is 2.16 bits per heavy atom. The minimum Gasteiger partial charge on any atom is -0.316 e. The molecule has 1 N–H and O–H groups in total. The Morgan fingerprint density at radius 3 is 2.79 bits per heavy atom. The van der Waals surface area contributed by atoms with Crippen molar-refractivity contribution >= 4 is 11.3 Å². The SMILES string of the molecule is FC(F)(F)c1ccc(CN2CCC3(CCNC3)C2)s1. The maximum Gasteiger partial charge on any atom is 0.425 e. The van der Waals surface area contributed by atoms with E-state index in [-0.39, 0.29) is 0 Å². The summed E-state index contributed by atoms with van der Waals surface area (Å²) in [5, 5.41) is 3.39. The van der Waals surface area contributed by atoms with Crippen molar-refractivity contribution < 1.29 is 13.2 Å². The monoisotopic (exact) mass is 290 g/mol. The first kappa shape index (κ1) is 13.4. The van der Waals surface area contributed by atoms with Crippen LogP contribution in [0.5, 0.6) is 0 Å². The van der Waals surface area contributed by atoms with Crippen LogP contribution in [0.4, 0.5) is 13.2 Å². The van der Waals surface area contributed by atoms with Gasteiger partial charge in [-0.2, -0.15) is 13.2 Å². The van der Waals surface area contributed by atoms with Crippen molar-refractivity contribution in [3.8, 4) is 0 Å². The van der Waals surface area contributed by atoms with Gasteiger partial charge in [0.2, 0.25) is 0 Å². The van der Waals surface area contributed by atoms with Gasteiger partial charge in [-0.3, -0.25) is 4.90 Å². The van der Waals surface area contributed by atoms with Gasteiger partial charge in [-0.25, -0.2) is 0 Å². The average molecular weight is 290 g/mol. The molecule has 2 fully saturated rings. The Balaban J connectivity index is 1.62. The van der Waals surface area contributed by atoms with Crippen LogP contribution in [0.2, 0.25) is 0 Å². The molecule has 2 aliphatic rings. The molecule has 1 aromatic rings. The van der Waals surface area contributed by atoms with Crippen LogP contribution in [0, 0.1) is 5.41 Å². The number of nitrogens with one attached hydrogen (secondary N) is 1. The standard InChI is InChI=1S/C13H17F3N2S/c14-13(15,16)11-2-1-10(19-11)7-18-6-4-12(9-18)3-5-17-8-12/h1-2,17H,3-9H2. The highest BCUT2D eigenvalue weighted by atomic mass is 32.1. The largest absolute Gasteiger partial charge is 0.425 e. The molecule has 1 spiro atoms. The van der Waals surface area contributed by atoms with E-state index >= 15 is 0 Å². The number of alkyl halides is 3. The predicted molar refractivity (Wildman–Crippen MR) is 69.1 cm³/mol. The molecule has 1 unspecified atom stereocenters. The lowest BCUT2D eigenvalue weighted by Crippen LogP contribution is -2.28. The highest BCUT2D eigenvalue weighted by Gasteiger charge is 2.40. The fourth-order valence-electron chi connectivity index (χ4n) is 3.14. The minimum absolute atomic E-state index is 0.379. The lowest BCUT2D eigenvalue weighted by Gasteiger charge is -2.22. The molecule has 0 radical (unpaired) electrons. The van der Waals surface area contributed by atoms with Crippen molar-refractivity contribution in [3.63, 3.8) is 0 Å². The second-order valence-electron chi connectivity index (χ2n) is 5.65. The normalized spacial score (nSPS) is 28.6. The topological polar surface area (TPSA) is 15.3 Å². The van der Waals surface area contributed by atoms with Crippen LogP contribution in [0.25, 0.3) is 0 Å². The van der Waals surface area contributed by atoms with Crippen LogP contribution in [0.1, 0.15) is 22.6 Å². The summed E-state index contributed by atoms with van der Waals surface area (Å²) in [4.78, 5) is 2.62. The van der Waals surface area contributed by atoms with E-state index in [0.29, 0.717) is 12.0 Å². The van der Waals surface area contributed by atoms with Gasteiger partial charge in [-0.05, 0) is 43.5 Å². The second-order valence-corrected chi connectivity index (χ2v) is 6.82. The van der Waals surface area contributed by atoms with Gasteiger partial charge in [0.15, 0.2) is 0 Å². The average Bonchev–Trinajstić information content (AvgIpc) is 3.01. The summed E-state index contributed by atoms with van der Waals surface area (Å²) in [6.07, 6.45) is -1.84. The van der Waals surface area contributed by atoms with Crippen LogP contribution in [0.3, 0.4) is 0 Å². The van der Waals surface area contributed by atoms with Gasteiger partial charge >= 0.3 is 6.18 Å². The Labute approximate surface area is 114 Å². The number of rotatable bonds is 2. The van der Waals surface area contributed by atoms with Crippen molar-refractivity contribution in [2.75, 3.05) is 26.2 Å². The van der Waals surface area contributed by atoms with Gasteiger partial charge in [0.1, 0.15) is 4.88 Å². The molecular weight excluding hydrogens is 273 g/mol. The zero-order valence-electron chi connectivity index (χ0n) is 10.6. The molecule has 3 rings (SSSR count). The van der Waals surface area contributed by atoms with Crippen LogP contribution in [-0.2, 0) is 12.7 Å². The summed E-state index contributed by atoms with van der Waals surface area (Å²) in [5.41, 5.74) is 0.379. The van der Waals surface area contributed by atoms with Crippen molar-refractivity contribution in [2.45, 2.75) is 25.6 Å². The first-order valence-electron chi connectivity index (χ1n) is 6.56. The van der Waals surface area contributed by atoms with Gasteiger partial charge in [0.05, 0.1) is 0 Å². The van der Waals surface area contributed by atoms with E-state index in [1.54, 1.807) is 6.07 Å². The van der Waals surface area contributed by atoms with E-state index in [9.17, 15) is 13.2 Å². The van der Waals surface area contributed by atoms with Gasteiger partial charge in [0, 0.05) is 24.5 Å². The number of hydrogen-bond donors (Lipinski definition) is 1. The van der Waals surface area contributed by atoms with Crippen LogP contribution in [0.15, 0.2) is 12.1 Å². The summed E-state index contributed by atoms with van der Waals surface area (Å²) in [7, 11) is 0. The van der Waals surface area contributed by atoms with Crippen molar-refractivity contribution in [3.05, 3.63) is 21.9 Å². The van der Waals surface area contributed by atoms with E-state index in [4.69, 9.17) is 0 Å². The Kier molecular flexibility index (Phi) is 3.35. The Hall–Kier alpha value is -0.590. The number of hydrogen-bond acceptors (Lipinski definition) is 3. The molecule has 2 saturated heterocycles. The molecule has 0 amide bonds. The van der Waals surface area contributed by atoms with Crippen molar-refractivity contribution in [2.24, 2.45) is 5.41 Å². The van der Waals surface area contributed by atoms with Crippen molar-refractivity contribution in [1.29, 1.82) is 0 Å². The maximum absolute atomic E-state index is 12.5. The van der Waals surface area contributed by atoms with E-state index in [0.717, 1.165) is 48.8 Å². The highest BCUT2D eigenvalue weighted by molar-refractivity contribution is 7.12. The van der Waals surface area contributed by atoms with E-state index < -0.39 is 11.1 Å². The molecule has 0 aromatic carbocycles. The molecule has 0 aliphatic carbocycles. The summed E-state index contributed by atoms with van der Waals surface area (Å²) >= 11 is 0.875. The molecule has 3 heterocycles. The maximum atomic E-state index is 12.5. The number of thiophene rings is 1. The zero-order chi connectivity index (χ0) is 13.5. The third-order valence-electron chi connectivity index (χ3n) is 4.17. The molecule has 106 valence electrons. The fraction of sp³-hybridized carbons (Fsp3) is 0.692. The molecule has 1 atom stereocenters. The highest BCUT2D eigenvalue weighted by Crippen LogP contribution is 2.38. The van der Waals surface area contributed by atoms with Crippen molar-refractivity contribution in [1.82, 2.24) is 10.2 Å². The second kappa shape index (κ2) is 4.75. The number of likely N-dealkylation sites (tertiary alicyclic amines) is 1. The van der Waals surface area contributed by atoms with E-state index in [1.807, 2.05) is 0 Å². The Bertz CT molecular complexity index is 449. The van der Waals surface area contributed by atoms with Gasteiger partial charge in [0.25, 0.3) is 0 Å². The molecule has 1 aromatic heterocycles. The first-order valence-corrected chi connectivity index (χ1v) is 7.38. The molecule has 19 heavy (non-hydrogen) atoms. The molecule has 2 nitrogen and oxygen atoms in total. The van der Waals surface area contributed by atoms with Gasteiger partial charge < -0.3 is 5.32 Å². The van der Waals surface area contributed by atoms with Gasteiger partial charge in [-0.15, -0.1) is 11.3 Å². The van der Waals surface area contributed by atoms with Crippen LogP contribution in [-0.4, -0.2) is 31.1 Å². The van der Waals surface area contributed by atoms with Crippen LogP contribution < -0.4 is 5.32 Å². The molecular formula is C13H17F3N2S. The molecule has 0 saturated carbocycles. The van der Waals surface area contributed by atoms with E-state index in [2.05, 4.69) is 10.2 Å². The predicted octanol–water partition coefficient (Wildman–Crippen LogP) is 2.95. The summed E-state index contributed by atoms with van der Waals surface area (Å²) in [6, 6.07) is 2.81. The van der Waals surface area contributed by atoms with Crippen LogP contribution >= 0.6 is 11.3 Å². The number of nitrogens with zero attached hydrogens (tertiary/aromatic N) is 1. The van der Waals surface area contributed by atoms with E-state index in [1.165, 1.54) is 12.5 Å². The summed E-state index contributed by atoms with van der Waals surface area (Å²) in [5.74, 6) is 0. The first-order chi connectivity index (χ1) is 8.97. The number of halogens is 3. The van der Waals surface area contributed by atoms with Gasteiger partial charge in [-0.1, -0.05) is 0 Å². The lowest BCUT2D eigenvalue weighted by molar-refractivity contribution is -0.134. The quantitative estimate of drug-likeness (QED) is 0.901. The molecule has 6 heteroatoms.